The van der Waals surface area contributed by atoms with Gasteiger partial charge in [0, 0.05) is 6.20 Å². The Balaban J connectivity index is 0.00000104. The average Bonchev–Trinajstić information content (AvgIpc) is 3.34. The van der Waals surface area contributed by atoms with Crippen molar-refractivity contribution in [3.8, 4) is 11.5 Å². The van der Waals surface area contributed by atoms with Crippen molar-refractivity contribution in [2.45, 2.75) is 30.1 Å². The maximum absolute atomic E-state index is 12.9. The zero-order chi connectivity index (χ0) is 31.9. The van der Waals surface area contributed by atoms with Crippen LogP contribution in [0.1, 0.15) is 22.9 Å². The maximum atomic E-state index is 12.9. The topological polar surface area (TPSA) is 205 Å². The first-order valence-electron chi connectivity index (χ1n) is 13.4. The van der Waals surface area contributed by atoms with E-state index in [0.29, 0.717) is 11.5 Å². The van der Waals surface area contributed by atoms with Crippen LogP contribution in [0.25, 0.3) is 0 Å². The number of aliphatic hydroxyl groups is 2. The summed E-state index contributed by atoms with van der Waals surface area (Å²) in [6, 6.07) is 25.8. The summed E-state index contributed by atoms with van der Waals surface area (Å²) in [5, 5.41) is 21.4. The fraction of sp³-hybridized carbons (Fsp3) is 0.267. The van der Waals surface area contributed by atoms with Gasteiger partial charge in [0.1, 0.15) is 41.2 Å². The number of benzene rings is 3. The number of hydrogen-bond acceptors (Lipinski definition) is 12. The Bertz CT molecular complexity index is 1490. The highest BCUT2D eigenvalue weighted by atomic mass is 31.2. The maximum Gasteiger partial charge on any atom is 0.351 e. The summed E-state index contributed by atoms with van der Waals surface area (Å²) < 4.78 is 25.0. The molecule has 13 nitrogen and oxygen atoms in total. The van der Waals surface area contributed by atoms with Crippen molar-refractivity contribution in [2.24, 2.45) is 5.50 Å². The third-order valence-corrected chi connectivity index (χ3v) is 7.10. The number of nitrogen functional groups attached to an aromatic ring is 1. The average molecular weight is 627 g/mol. The number of aliphatic hydroxyl groups excluding tert-OH is 2. The molecule has 0 saturated carbocycles. The van der Waals surface area contributed by atoms with E-state index in [1.165, 1.54) is 16.8 Å². The van der Waals surface area contributed by atoms with Crippen LogP contribution in [0.5, 0.6) is 11.5 Å². The van der Waals surface area contributed by atoms with Crippen molar-refractivity contribution in [1.29, 1.82) is 0 Å². The van der Waals surface area contributed by atoms with Crippen LogP contribution >= 0.6 is 8.53 Å². The minimum Gasteiger partial charge on any atom is -0.497 e. The molecule has 0 bridgehead atoms. The van der Waals surface area contributed by atoms with Gasteiger partial charge in [-0.15, -0.1) is 0 Å². The van der Waals surface area contributed by atoms with Crippen LogP contribution in [0, 0.1) is 0 Å². The number of ether oxygens (including phenoxy) is 4. The highest BCUT2D eigenvalue weighted by molar-refractivity contribution is 7.42. The Morgan fingerprint density at radius 1 is 0.909 bits per heavy atom. The molecule has 4 aromatic rings. The second kappa shape index (κ2) is 14.7. The van der Waals surface area contributed by atoms with Gasteiger partial charge in [-0.25, -0.2) is 4.79 Å². The number of anilines is 1. The molecule has 0 aliphatic carbocycles. The van der Waals surface area contributed by atoms with E-state index in [2.05, 4.69) is 10.5 Å². The van der Waals surface area contributed by atoms with Crippen molar-refractivity contribution in [3.63, 3.8) is 0 Å². The largest absolute Gasteiger partial charge is 0.497 e. The molecule has 1 aliphatic heterocycles. The Kier molecular flexibility index (Phi) is 11.0. The highest BCUT2D eigenvalue weighted by Crippen LogP contribution is 2.46. The molecule has 1 aromatic heterocycles. The number of nitrogens with zero attached hydrogens (tertiary/aromatic N) is 2. The number of hydrogen-bond donors (Lipinski definition) is 6. The predicted octanol–water partition coefficient (Wildman–Crippen LogP) is 1.63. The summed E-state index contributed by atoms with van der Waals surface area (Å²) in [5.74, 6) is 1.36. The molecule has 8 N–H and O–H groups in total. The molecule has 1 fully saturated rings. The smallest absolute Gasteiger partial charge is 0.351 e. The zero-order valence-electron chi connectivity index (χ0n) is 24.0. The number of aromatic nitrogens is 2. The van der Waals surface area contributed by atoms with Crippen LogP contribution in [-0.4, -0.2) is 68.7 Å². The van der Waals surface area contributed by atoms with Gasteiger partial charge in [0.25, 0.3) is 0 Å². The fourth-order valence-corrected chi connectivity index (χ4v) is 5.07. The summed E-state index contributed by atoms with van der Waals surface area (Å²) >= 11 is 0. The summed E-state index contributed by atoms with van der Waals surface area (Å²) in [5.41, 5.74) is 10.2. The molecule has 0 amide bonds. The molecule has 14 heteroatoms. The van der Waals surface area contributed by atoms with E-state index < -0.39 is 51.0 Å². The normalized spacial score (nSPS) is 19.7. The van der Waals surface area contributed by atoms with E-state index in [-0.39, 0.29) is 5.82 Å². The molecule has 4 atom stereocenters. The monoisotopic (exact) mass is 626 g/mol. The Morgan fingerprint density at radius 3 is 1.86 bits per heavy atom. The van der Waals surface area contributed by atoms with Gasteiger partial charge in [0.05, 0.1) is 20.8 Å². The van der Waals surface area contributed by atoms with Gasteiger partial charge < -0.3 is 44.7 Å². The molecule has 0 spiro atoms. The third kappa shape index (κ3) is 7.07. The summed E-state index contributed by atoms with van der Waals surface area (Å²) in [6.07, 6.45) is -3.11. The van der Waals surface area contributed by atoms with E-state index in [1.807, 2.05) is 78.9 Å². The molecule has 1 saturated heterocycles. The lowest BCUT2D eigenvalue weighted by Gasteiger charge is -2.40. The summed E-state index contributed by atoms with van der Waals surface area (Å²) in [6.45, 7) is -0.488. The second-order valence-electron chi connectivity index (χ2n) is 9.69. The lowest BCUT2D eigenvalue weighted by atomic mass is 9.79. The predicted molar refractivity (Wildman–Crippen MR) is 163 cm³/mol. The van der Waals surface area contributed by atoms with Gasteiger partial charge in [-0.2, -0.15) is 4.98 Å². The highest BCUT2D eigenvalue weighted by Gasteiger charge is 2.51. The van der Waals surface area contributed by atoms with Crippen LogP contribution < -0.4 is 26.4 Å². The first-order valence-corrected chi connectivity index (χ1v) is 14.7. The van der Waals surface area contributed by atoms with E-state index in [9.17, 15) is 15.0 Å². The molecule has 44 heavy (non-hydrogen) atoms. The van der Waals surface area contributed by atoms with E-state index >= 15 is 0 Å². The Hall–Kier alpha value is -3.91. The molecular formula is C30H35N4O9P. The molecular weight excluding hydrogens is 591 g/mol. The molecule has 0 radical (unpaired) electrons. The Morgan fingerprint density at radius 2 is 1.41 bits per heavy atom. The van der Waals surface area contributed by atoms with Gasteiger partial charge in [0.2, 0.25) is 8.53 Å². The van der Waals surface area contributed by atoms with Crippen LogP contribution in [0.15, 0.2) is 95.9 Å². The molecule has 234 valence electrons. The quantitative estimate of drug-likeness (QED) is 0.116. The van der Waals surface area contributed by atoms with Crippen LogP contribution in [-0.2, 0) is 15.1 Å². The van der Waals surface area contributed by atoms with E-state index in [1.54, 1.807) is 14.2 Å². The number of methoxy groups -OCH3 is 2. The van der Waals surface area contributed by atoms with Crippen LogP contribution in [0.2, 0.25) is 0 Å². The van der Waals surface area contributed by atoms with Gasteiger partial charge in [0.15, 0.2) is 6.23 Å². The lowest BCUT2D eigenvalue weighted by molar-refractivity contribution is -0.124. The minimum atomic E-state index is -2.12. The minimum absolute atomic E-state index is 0.0473. The lowest BCUT2D eigenvalue weighted by Crippen LogP contribution is -2.45. The molecule has 0 unspecified atom stereocenters. The Labute approximate surface area is 254 Å². The van der Waals surface area contributed by atoms with Gasteiger partial charge in [-0.05, 0) is 47.0 Å². The molecule has 3 aromatic carbocycles. The van der Waals surface area contributed by atoms with Gasteiger partial charge >= 0.3 is 5.69 Å². The fourth-order valence-electron chi connectivity index (χ4n) is 5.07. The first-order chi connectivity index (χ1) is 21.1. The van der Waals surface area contributed by atoms with Crippen LogP contribution in [0.4, 0.5) is 5.82 Å². The van der Waals surface area contributed by atoms with Crippen molar-refractivity contribution in [1.82, 2.24) is 9.55 Å². The number of nitrogens with two attached hydrogens (primary N) is 2. The third-order valence-electron chi connectivity index (χ3n) is 7.10. The van der Waals surface area contributed by atoms with Crippen molar-refractivity contribution in [2.75, 3.05) is 26.6 Å². The zero-order valence-corrected chi connectivity index (χ0v) is 24.9. The van der Waals surface area contributed by atoms with Crippen molar-refractivity contribution >= 4 is 14.3 Å². The van der Waals surface area contributed by atoms with E-state index in [4.69, 9.17) is 34.5 Å². The van der Waals surface area contributed by atoms with Crippen LogP contribution in [0.3, 0.4) is 0 Å². The van der Waals surface area contributed by atoms with Gasteiger partial charge in [-0.3, -0.25) is 10.1 Å². The summed E-state index contributed by atoms with van der Waals surface area (Å²) in [4.78, 5) is 31.6. The number of rotatable bonds is 9. The molecule has 2 heterocycles. The van der Waals surface area contributed by atoms with Gasteiger partial charge in [-0.1, -0.05) is 54.6 Å². The standard InChI is InChI=1S/C30H31N3O7.H4NO2P/c1-37-22-12-8-20(9-13-22)30(19-6-4-3-5-7-19,21-10-14-23(38-2)15-11-21)40-27-26(35)24(18-34)39-28(27)33-17-16-25(31)32-29(33)36;1-4(2)3/h3-17,24,26-28,34-35H,18H2,1-2H3,(H2,31,32,36);2-3H,1H2/t24-,26-,27-,28-;/m1./s1. The molecule has 1 aliphatic rings. The summed E-state index contributed by atoms with van der Waals surface area (Å²) in [7, 11) is 1.05. The van der Waals surface area contributed by atoms with Crippen molar-refractivity contribution in [3.05, 3.63) is 118 Å². The van der Waals surface area contributed by atoms with Crippen molar-refractivity contribution < 1.29 is 38.9 Å². The second-order valence-corrected chi connectivity index (χ2v) is 10.3. The van der Waals surface area contributed by atoms with E-state index in [0.717, 1.165) is 16.7 Å². The SMILES string of the molecule is COc1ccc(C(O[C@@H]2[C@H](O)[C@@H](CO)O[C@H]2n2ccc(N)nc2=O)(c2ccccc2)c2ccc(OC)cc2)cc1.NP(O)O. The first kappa shape index (κ1) is 33.0. The molecule has 5 rings (SSSR count).